The van der Waals surface area contributed by atoms with Gasteiger partial charge in [-0.05, 0) is 19.9 Å². The Labute approximate surface area is 73.6 Å². The molecule has 2 N–H and O–H groups in total. The largest absolute Gasteiger partial charge is 0.348 e. The molecule has 0 fully saturated rings. The zero-order chi connectivity index (χ0) is 8.81. The van der Waals surface area contributed by atoms with E-state index >= 15 is 0 Å². The molecule has 0 amide bonds. The summed E-state index contributed by atoms with van der Waals surface area (Å²) >= 11 is 0. The molecule has 0 spiro atoms. The molecule has 0 aromatic carbocycles. The number of aromatic amines is 1. The molecule has 0 radical (unpaired) electrons. The number of hydrogen-bond acceptors (Lipinski definition) is 2. The number of hydrogen-bond donors (Lipinski definition) is 2. The van der Waals surface area contributed by atoms with Gasteiger partial charge >= 0.3 is 0 Å². The van der Waals surface area contributed by atoms with Gasteiger partial charge in [-0.25, -0.2) is 4.98 Å². The normalized spacial score (nSPS) is 10.5. The molecule has 1 heterocycles. The van der Waals surface area contributed by atoms with Gasteiger partial charge in [-0.3, -0.25) is 0 Å². The molecule has 0 saturated heterocycles. The summed E-state index contributed by atoms with van der Waals surface area (Å²) in [6, 6.07) is 0. The van der Waals surface area contributed by atoms with Crippen LogP contribution in [0.5, 0.6) is 0 Å². The summed E-state index contributed by atoms with van der Waals surface area (Å²) in [6.45, 7) is 6.21. The highest BCUT2D eigenvalue weighted by Gasteiger charge is 1.98. The molecule has 0 atom stereocenters. The van der Waals surface area contributed by atoms with Crippen molar-refractivity contribution < 1.29 is 0 Å². The summed E-state index contributed by atoms with van der Waals surface area (Å²) in [4.78, 5) is 7.25. The third kappa shape index (κ3) is 2.66. The first kappa shape index (κ1) is 9.26. The van der Waals surface area contributed by atoms with E-state index in [0.29, 0.717) is 0 Å². The topological polar surface area (TPSA) is 40.7 Å². The van der Waals surface area contributed by atoms with Gasteiger partial charge in [0, 0.05) is 12.2 Å². The van der Waals surface area contributed by atoms with E-state index in [9.17, 15) is 0 Å². The summed E-state index contributed by atoms with van der Waals surface area (Å²) in [5.74, 6) is 0. The van der Waals surface area contributed by atoms with E-state index in [0.717, 1.165) is 18.8 Å². The smallest absolute Gasteiger partial charge is 0.0925 e. The number of imidazole rings is 1. The predicted octanol–water partition coefficient (Wildman–Crippen LogP) is 1.61. The molecule has 12 heavy (non-hydrogen) atoms. The molecule has 3 heteroatoms. The van der Waals surface area contributed by atoms with Crippen LogP contribution in [0.3, 0.4) is 0 Å². The van der Waals surface area contributed by atoms with E-state index in [1.165, 1.54) is 18.5 Å². The van der Waals surface area contributed by atoms with Gasteiger partial charge in [0.1, 0.15) is 0 Å². The van der Waals surface area contributed by atoms with Crippen LogP contribution in [0.4, 0.5) is 0 Å². The van der Waals surface area contributed by atoms with Crippen LogP contribution < -0.4 is 5.32 Å². The second kappa shape index (κ2) is 4.93. The van der Waals surface area contributed by atoms with Crippen LogP contribution in [0.25, 0.3) is 0 Å². The Balaban J connectivity index is 2.20. The predicted molar refractivity (Wildman–Crippen MR) is 49.9 cm³/mol. The number of nitrogens with one attached hydrogen (secondary N) is 2. The van der Waals surface area contributed by atoms with E-state index in [1.54, 1.807) is 6.33 Å². The van der Waals surface area contributed by atoms with Crippen molar-refractivity contribution in [3.05, 3.63) is 17.7 Å². The molecular weight excluding hydrogens is 150 g/mol. The van der Waals surface area contributed by atoms with Crippen molar-refractivity contribution in [2.45, 2.75) is 33.2 Å². The highest BCUT2D eigenvalue weighted by Crippen LogP contribution is 1.98. The van der Waals surface area contributed by atoms with Crippen LogP contribution in [0, 0.1) is 6.92 Å². The Morgan fingerprint density at radius 2 is 2.42 bits per heavy atom. The van der Waals surface area contributed by atoms with Gasteiger partial charge in [-0.1, -0.05) is 13.3 Å². The molecule has 0 aliphatic carbocycles. The molecule has 0 unspecified atom stereocenters. The molecule has 1 aromatic rings. The maximum Gasteiger partial charge on any atom is 0.0925 e. The summed E-state index contributed by atoms with van der Waals surface area (Å²) < 4.78 is 0. The first-order valence-electron chi connectivity index (χ1n) is 4.54. The Hall–Kier alpha value is -0.830. The number of aromatic nitrogens is 2. The fourth-order valence-electron chi connectivity index (χ4n) is 1.07. The number of nitrogens with zero attached hydrogens (tertiary/aromatic N) is 1. The fraction of sp³-hybridized carbons (Fsp3) is 0.667. The lowest BCUT2D eigenvalue weighted by Gasteiger charge is -2.01. The fourth-order valence-corrected chi connectivity index (χ4v) is 1.07. The molecule has 0 aliphatic rings. The van der Waals surface area contributed by atoms with Crippen molar-refractivity contribution >= 4 is 0 Å². The van der Waals surface area contributed by atoms with Crippen LogP contribution in [-0.4, -0.2) is 16.5 Å². The summed E-state index contributed by atoms with van der Waals surface area (Å²) in [5.41, 5.74) is 2.30. The van der Waals surface area contributed by atoms with E-state index in [1.807, 2.05) is 6.92 Å². The standard InChI is InChI=1S/C9H17N3/c1-3-4-5-10-6-9-8(2)11-7-12-9/h7,10H,3-6H2,1-2H3,(H,11,12). The van der Waals surface area contributed by atoms with Crippen molar-refractivity contribution in [1.29, 1.82) is 0 Å². The van der Waals surface area contributed by atoms with E-state index in [4.69, 9.17) is 0 Å². The Morgan fingerprint density at radius 1 is 1.58 bits per heavy atom. The lowest BCUT2D eigenvalue weighted by atomic mass is 10.3. The third-order valence-corrected chi connectivity index (χ3v) is 1.93. The molecular formula is C9H17N3. The van der Waals surface area contributed by atoms with Gasteiger partial charge in [-0.15, -0.1) is 0 Å². The Bertz CT molecular complexity index is 217. The second-order valence-corrected chi connectivity index (χ2v) is 3.00. The zero-order valence-corrected chi connectivity index (χ0v) is 7.85. The third-order valence-electron chi connectivity index (χ3n) is 1.93. The highest BCUT2D eigenvalue weighted by molar-refractivity contribution is 5.07. The number of rotatable bonds is 5. The van der Waals surface area contributed by atoms with E-state index in [2.05, 4.69) is 22.2 Å². The van der Waals surface area contributed by atoms with Crippen LogP contribution in [-0.2, 0) is 6.54 Å². The van der Waals surface area contributed by atoms with Gasteiger partial charge in [0.25, 0.3) is 0 Å². The minimum absolute atomic E-state index is 0.884. The molecule has 68 valence electrons. The molecule has 0 saturated carbocycles. The average molecular weight is 167 g/mol. The van der Waals surface area contributed by atoms with E-state index < -0.39 is 0 Å². The van der Waals surface area contributed by atoms with Gasteiger partial charge in [0.05, 0.1) is 12.0 Å². The van der Waals surface area contributed by atoms with Crippen molar-refractivity contribution in [3.8, 4) is 0 Å². The van der Waals surface area contributed by atoms with E-state index in [-0.39, 0.29) is 0 Å². The zero-order valence-electron chi connectivity index (χ0n) is 7.85. The van der Waals surface area contributed by atoms with Gasteiger partial charge in [0.2, 0.25) is 0 Å². The van der Waals surface area contributed by atoms with Crippen molar-refractivity contribution in [2.75, 3.05) is 6.54 Å². The molecule has 0 bridgehead atoms. The number of H-pyrrole nitrogens is 1. The molecule has 1 rings (SSSR count). The van der Waals surface area contributed by atoms with Crippen LogP contribution in [0.2, 0.25) is 0 Å². The lowest BCUT2D eigenvalue weighted by Crippen LogP contribution is -2.15. The van der Waals surface area contributed by atoms with Crippen molar-refractivity contribution in [2.24, 2.45) is 0 Å². The molecule has 3 nitrogen and oxygen atoms in total. The first-order valence-corrected chi connectivity index (χ1v) is 4.54. The van der Waals surface area contributed by atoms with Gasteiger partial charge < -0.3 is 10.3 Å². The minimum Gasteiger partial charge on any atom is -0.348 e. The SMILES string of the molecule is CCCCNCc1nc[nH]c1C. The summed E-state index contributed by atoms with van der Waals surface area (Å²) in [6.07, 6.45) is 4.22. The lowest BCUT2D eigenvalue weighted by molar-refractivity contribution is 0.633. The number of unbranched alkanes of at least 4 members (excludes halogenated alkanes) is 1. The first-order chi connectivity index (χ1) is 5.84. The molecule has 0 aliphatic heterocycles. The monoisotopic (exact) mass is 167 g/mol. The quantitative estimate of drug-likeness (QED) is 0.654. The van der Waals surface area contributed by atoms with Crippen molar-refractivity contribution in [1.82, 2.24) is 15.3 Å². The van der Waals surface area contributed by atoms with Crippen LogP contribution in [0.1, 0.15) is 31.2 Å². The van der Waals surface area contributed by atoms with Crippen LogP contribution >= 0.6 is 0 Å². The average Bonchev–Trinajstić information content (AvgIpc) is 2.46. The van der Waals surface area contributed by atoms with Crippen molar-refractivity contribution in [3.63, 3.8) is 0 Å². The second-order valence-electron chi connectivity index (χ2n) is 3.00. The maximum absolute atomic E-state index is 4.20. The van der Waals surface area contributed by atoms with Crippen LogP contribution in [0.15, 0.2) is 6.33 Å². The minimum atomic E-state index is 0.884. The highest BCUT2D eigenvalue weighted by atomic mass is 14.9. The summed E-state index contributed by atoms with van der Waals surface area (Å²) in [7, 11) is 0. The van der Waals surface area contributed by atoms with Gasteiger partial charge in [-0.2, -0.15) is 0 Å². The number of aryl methyl sites for hydroxylation is 1. The summed E-state index contributed by atoms with van der Waals surface area (Å²) in [5, 5.41) is 3.35. The van der Waals surface area contributed by atoms with Gasteiger partial charge in [0.15, 0.2) is 0 Å². The molecule has 1 aromatic heterocycles. The Kier molecular flexibility index (Phi) is 3.80. The maximum atomic E-state index is 4.20. The Morgan fingerprint density at radius 3 is 3.00 bits per heavy atom.